The van der Waals surface area contributed by atoms with Gasteiger partial charge in [0, 0.05) is 23.3 Å². The lowest BCUT2D eigenvalue weighted by molar-refractivity contribution is -0.135. The Balaban J connectivity index is 2.05. The van der Waals surface area contributed by atoms with Gasteiger partial charge in [0.25, 0.3) is 0 Å². The van der Waals surface area contributed by atoms with Crippen LogP contribution in [-0.2, 0) is 4.79 Å². The molecule has 0 unspecified atom stereocenters. The van der Waals surface area contributed by atoms with Crippen LogP contribution in [0.4, 0.5) is 5.69 Å². The Morgan fingerprint density at radius 1 is 1.40 bits per heavy atom. The molecule has 0 spiro atoms. The van der Waals surface area contributed by atoms with Gasteiger partial charge < -0.3 is 10.0 Å². The average Bonchev–Trinajstić information content (AvgIpc) is 3.20. The maximum Gasteiger partial charge on any atom is 0.323 e. The van der Waals surface area contributed by atoms with Gasteiger partial charge in [-0.25, -0.2) is 0 Å². The SMILES string of the molecule is Cc1cc(N(CC(=O)O)CC2CC2)c2ccccc2n1. The van der Waals surface area contributed by atoms with Crippen molar-refractivity contribution in [1.29, 1.82) is 0 Å². The summed E-state index contributed by atoms with van der Waals surface area (Å²) >= 11 is 0. The number of rotatable bonds is 5. The molecule has 1 aliphatic carbocycles. The number of aryl methyl sites for hydroxylation is 1. The quantitative estimate of drug-likeness (QED) is 0.907. The molecule has 1 heterocycles. The topological polar surface area (TPSA) is 53.4 Å². The number of nitrogens with zero attached hydrogens (tertiary/aromatic N) is 2. The third-order valence-electron chi connectivity index (χ3n) is 3.66. The molecule has 0 radical (unpaired) electrons. The van der Waals surface area contributed by atoms with Crippen LogP contribution in [0.25, 0.3) is 10.9 Å². The van der Waals surface area contributed by atoms with Crippen molar-refractivity contribution in [3.05, 3.63) is 36.0 Å². The molecule has 1 N–H and O–H groups in total. The van der Waals surface area contributed by atoms with Crippen molar-refractivity contribution in [3.63, 3.8) is 0 Å². The monoisotopic (exact) mass is 270 g/mol. The van der Waals surface area contributed by atoms with E-state index in [1.807, 2.05) is 42.2 Å². The molecule has 1 fully saturated rings. The van der Waals surface area contributed by atoms with Crippen molar-refractivity contribution < 1.29 is 9.90 Å². The third-order valence-corrected chi connectivity index (χ3v) is 3.66. The second kappa shape index (κ2) is 5.12. The summed E-state index contributed by atoms with van der Waals surface area (Å²) < 4.78 is 0. The molecule has 4 nitrogen and oxygen atoms in total. The predicted molar refractivity (Wildman–Crippen MR) is 79.1 cm³/mol. The summed E-state index contributed by atoms with van der Waals surface area (Å²) in [5, 5.41) is 10.2. The van der Waals surface area contributed by atoms with Crippen molar-refractivity contribution in [2.75, 3.05) is 18.0 Å². The molecule has 0 atom stereocenters. The summed E-state index contributed by atoms with van der Waals surface area (Å²) in [7, 11) is 0. The average molecular weight is 270 g/mol. The maximum absolute atomic E-state index is 11.1. The van der Waals surface area contributed by atoms with Gasteiger partial charge in [-0.3, -0.25) is 9.78 Å². The van der Waals surface area contributed by atoms with Crippen molar-refractivity contribution >= 4 is 22.6 Å². The Kier molecular flexibility index (Phi) is 3.30. The minimum Gasteiger partial charge on any atom is -0.480 e. The minimum atomic E-state index is -0.788. The van der Waals surface area contributed by atoms with Crippen LogP contribution < -0.4 is 4.90 Å². The molecule has 1 saturated carbocycles. The first-order valence-electron chi connectivity index (χ1n) is 6.96. The van der Waals surface area contributed by atoms with E-state index in [0.29, 0.717) is 5.92 Å². The third kappa shape index (κ3) is 2.74. The van der Waals surface area contributed by atoms with E-state index in [0.717, 1.165) is 28.8 Å². The van der Waals surface area contributed by atoms with E-state index in [2.05, 4.69) is 4.98 Å². The Morgan fingerprint density at radius 3 is 2.85 bits per heavy atom. The van der Waals surface area contributed by atoms with E-state index < -0.39 is 5.97 Å². The lowest BCUT2D eigenvalue weighted by atomic mass is 10.1. The number of carboxylic acids is 1. The van der Waals surface area contributed by atoms with Gasteiger partial charge in [0.05, 0.1) is 5.52 Å². The van der Waals surface area contributed by atoms with E-state index >= 15 is 0 Å². The van der Waals surface area contributed by atoms with Crippen LogP contribution in [0.3, 0.4) is 0 Å². The molecule has 104 valence electrons. The van der Waals surface area contributed by atoms with Crippen molar-refractivity contribution in [2.24, 2.45) is 5.92 Å². The number of benzene rings is 1. The molecule has 0 aliphatic heterocycles. The molecule has 3 rings (SSSR count). The Morgan fingerprint density at radius 2 is 2.15 bits per heavy atom. The number of pyridine rings is 1. The lowest BCUT2D eigenvalue weighted by Gasteiger charge is -2.24. The van der Waals surface area contributed by atoms with Crippen molar-refractivity contribution in [3.8, 4) is 0 Å². The van der Waals surface area contributed by atoms with Gasteiger partial charge in [0.2, 0.25) is 0 Å². The zero-order valence-corrected chi connectivity index (χ0v) is 11.5. The van der Waals surface area contributed by atoms with Crippen LogP contribution in [0.15, 0.2) is 30.3 Å². The van der Waals surface area contributed by atoms with Gasteiger partial charge in [-0.15, -0.1) is 0 Å². The van der Waals surface area contributed by atoms with E-state index in [4.69, 9.17) is 5.11 Å². The van der Waals surface area contributed by atoms with Gasteiger partial charge in [0.1, 0.15) is 6.54 Å². The summed E-state index contributed by atoms with van der Waals surface area (Å²) in [5.74, 6) is -0.147. The fourth-order valence-corrected chi connectivity index (χ4v) is 2.57. The number of hydrogen-bond acceptors (Lipinski definition) is 3. The van der Waals surface area contributed by atoms with Crippen LogP contribution >= 0.6 is 0 Å². The van der Waals surface area contributed by atoms with Gasteiger partial charge >= 0.3 is 5.97 Å². The Bertz CT molecular complexity index is 650. The number of fused-ring (bicyclic) bond motifs is 1. The zero-order valence-electron chi connectivity index (χ0n) is 11.5. The summed E-state index contributed by atoms with van der Waals surface area (Å²) in [5.41, 5.74) is 2.83. The molecule has 0 bridgehead atoms. The zero-order chi connectivity index (χ0) is 14.1. The molecule has 0 saturated heterocycles. The number of hydrogen-bond donors (Lipinski definition) is 1. The largest absolute Gasteiger partial charge is 0.480 e. The number of aromatic nitrogens is 1. The van der Waals surface area contributed by atoms with E-state index in [1.54, 1.807) is 0 Å². The van der Waals surface area contributed by atoms with Crippen LogP contribution in [0.1, 0.15) is 18.5 Å². The number of carboxylic acid groups (broad SMARTS) is 1. The van der Waals surface area contributed by atoms with Crippen LogP contribution in [-0.4, -0.2) is 29.1 Å². The second-order valence-corrected chi connectivity index (χ2v) is 5.52. The van der Waals surface area contributed by atoms with E-state index in [1.165, 1.54) is 12.8 Å². The van der Waals surface area contributed by atoms with Gasteiger partial charge in [-0.2, -0.15) is 0 Å². The number of aliphatic carboxylic acids is 1. The molecular formula is C16H18N2O2. The maximum atomic E-state index is 11.1. The standard InChI is InChI=1S/C16H18N2O2/c1-11-8-15(13-4-2-3-5-14(13)17-11)18(10-16(19)20)9-12-6-7-12/h2-5,8,12H,6-7,9-10H2,1H3,(H,19,20). The lowest BCUT2D eigenvalue weighted by Crippen LogP contribution is -2.31. The second-order valence-electron chi connectivity index (χ2n) is 5.52. The normalized spacial score (nSPS) is 14.4. The fraction of sp³-hybridized carbons (Fsp3) is 0.375. The molecule has 4 heteroatoms. The van der Waals surface area contributed by atoms with Crippen molar-refractivity contribution in [1.82, 2.24) is 4.98 Å². The van der Waals surface area contributed by atoms with E-state index in [-0.39, 0.29) is 6.54 Å². The summed E-state index contributed by atoms with van der Waals surface area (Å²) in [4.78, 5) is 17.7. The van der Waals surface area contributed by atoms with Gasteiger partial charge in [0.15, 0.2) is 0 Å². The highest BCUT2D eigenvalue weighted by atomic mass is 16.4. The predicted octanol–water partition coefficient (Wildman–Crippen LogP) is 2.84. The molecule has 1 aliphatic rings. The van der Waals surface area contributed by atoms with Gasteiger partial charge in [-0.1, -0.05) is 18.2 Å². The van der Waals surface area contributed by atoms with Gasteiger partial charge in [-0.05, 0) is 37.8 Å². The Labute approximate surface area is 118 Å². The first-order valence-corrected chi connectivity index (χ1v) is 6.96. The summed E-state index contributed by atoms with van der Waals surface area (Å²) in [6.07, 6.45) is 2.41. The van der Waals surface area contributed by atoms with Crippen LogP contribution in [0.5, 0.6) is 0 Å². The number of carbonyl (C=O) groups is 1. The smallest absolute Gasteiger partial charge is 0.323 e. The van der Waals surface area contributed by atoms with Crippen LogP contribution in [0, 0.1) is 12.8 Å². The highest BCUT2D eigenvalue weighted by Gasteiger charge is 2.26. The first kappa shape index (κ1) is 12.9. The molecular weight excluding hydrogens is 252 g/mol. The minimum absolute atomic E-state index is 0.0456. The van der Waals surface area contributed by atoms with Crippen LogP contribution in [0.2, 0.25) is 0 Å². The summed E-state index contributed by atoms with van der Waals surface area (Å²) in [6.45, 7) is 2.82. The van der Waals surface area contributed by atoms with E-state index in [9.17, 15) is 4.79 Å². The number of anilines is 1. The van der Waals surface area contributed by atoms with Crippen molar-refractivity contribution in [2.45, 2.75) is 19.8 Å². The molecule has 0 amide bonds. The molecule has 20 heavy (non-hydrogen) atoms. The first-order chi connectivity index (χ1) is 9.63. The summed E-state index contributed by atoms with van der Waals surface area (Å²) in [6, 6.07) is 9.91. The number of para-hydroxylation sites is 1. The Hall–Kier alpha value is -2.10. The fourth-order valence-electron chi connectivity index (χ4n) is 2.57. The molecule has 2 aromatic rings. The molecule has 1 aromatic heterocycles. The highest BCUT2D eigenvalue weighted by molar-refractivity contribution is 5.93. The molecule has 1 aromatic carbocycles. The highest BCUT2D eigenvalue weighted by Crippen LogP contribution is 2.33.